The lowest BCUT2D eigenvalue weighted by molar-refractivity contribution is -0.213. The Labute approximate surface area is 199 Å². The number of ketones is 1. The summed E-state index contributed by atoms with van der Waals surface area (Å²) in [6.45, 7) is 3.41. The zero-order chi connectivity index (χ0) is 24.1. The highest BCUT2D eigenvalue weighted by Crippen LogP contribution is 2.42. The molecule has 4 rings (SSSR count). The molecule has 2 fully saturated rings. The first-order chi connectivity index (χ1) is 16.3. The predicted molar refractivity (Wildman–Crippen MR) is 123 cm³/mol. The summed E-state index contributed by atoms with van der Waals surface area (Å²) >= 11 is 0. The molecule has 2 saturated heterocycles. The zero-order valence-corrected chi connectivity index (χ0v) is 19.4. The van der Waals surface area contributed by atoms with E-state index in [0.717, 1.165) is 11.1 Å². The van der Waals surface area contributed by atoms with Crippen LogP contribution in [0.4, 0.5) is 4.79 Å². The standard InChI is InChI=1S/C26H31NO7/c1-26(2)33-23-19(22(15-28)32-24(23)34-26)14-21(29)20(13-17-9-5-3-6-10-17)27-25(30)31-16-18-11-7-4-8-12-18/h3-12,19-20,22-24,28H,13-16H2,1-2H3,(H,27,30)/t19-,20-,22+,23?,24+/m0/s1. The topological polar surface area (TPSA) is 103 Å². The SMILES string of the molecule is CC1(C)OC2[C@H](O[C@H](CO)[C@@H]2CC(=O)[C@H](Cc2ccccc2)NC(=O)OCc2ccccc2)O1. The van der Waals surface area contributed by atoms with E-state index in [9.17, 15) is 14.7 Å². The van der Waals surface area contributed by atoms with Gasteiger partial charge in [-0.1, -0.05) is 60.7 Å². The van der Waals surface area contributed by atoms with Gasteiger partial charge in [-0.25, -0.2) is 4.79 Å². The molecule has 2 heterocycles. The van der Waals surface area contributed by atoms with Crippen LogP contribution in [-0.4, -0.2) is 53.9 Å². The Kier molecular flexibility index (Phi) is 7.63. The summed E-state index contributed by atoms with van der Waals surface area (Å²) in [6.07, 6.45) is -1.99. The lowest BCUT2D eigenvalue weighted by atomic mass is 9.89. The van der Waals surface area contributed by atoms with Crippen LogP contribution in [0, 0.1) is 5.92 Å². The maximum Gasteiger partial charge on any atom is 0.408 e. The lowest BCUT2D eigenvalue weighted by Gasteiger charge is -2.26. The lowest BCUT2D eigenvalue weighted by Crippen LogP contribution is -2.45. The van der Waals surface area contributed by atoms with Crippen molar-refractivity contribution in [3.8, 4) is 0 Å². The Bertz CT molecular complexity index is 966. The second-order valence-electron chi connectivity index (χ2n) is 9.11. The Hall–Kier alpha value is -2.78. The third kappa shape index (κ3) is 6.01. The van der Waals surface area contributed by atoms with Crippen molar-refractivity contribution >= 4 is 11.9 Å². The Morgan fingerprint density at radius 1 is 1.03 bits per heavy atom. The van der Waals surface area contributed by atoms with Crippen LogP contribution in [0.5, 0.6) is 0 Å². The number of alkyl carbamates (subject to hydrolysis) is 1. The van der Waals surface area contributed by atoms with Gasteiger partial charge in [-0.15, -0.1) is 0 Å². The van der Waals surface area contributed by atoms with E-state index in [4.69, 9.17) is 18.9 Å². The number of carbonyl (C=O) groups excluding carboxylic acids is 2. The smallest absolute Gasteiger partial charge is 0.408 e. The molecule has 0 aliphatic carbocycles. The van der Waals surface area contributed by atoms with E-state index in [-0.39, 0.29) is 25.4 Å². The highest BCUT2D eigenvalue weighted by atomic mass is 16.8. The van der Waals surface area contributed by atoms with E-state index in [2.05, 4.69) is 5.32 Å². The van der Waals surface area contributed by atoms with Crippen LogP contribution in [0.2, 0.25) is 0 Å². The van der Waals surface area contributed by atoms with Crippen LogP contribution >= 0.6 is 0 Å². The van der Waals surface area contributed by atoms with Crippen molar-refractivity contribution in [2.24, 2.45) is 5.92 Å². The van der Waals surface area contributed by atoms with Gasteiger partial charge in [0, 0.05) is 12.3 Å². The van der Waals surface area contributed by atoms with Gasteiger partial charge >= 0.3 is 6.09 Å². The fourth-order valence-electron chi connectivity index (χ4n) is 4.44. The highest BCUT2D eigenvalue weighted by Gasteiger charge is 2.55. The number of aliphatic hydroxyl groups excluding tert-OH is 1. The highest BCUT2D eigenvalue weighted by molar-refractivity contribution is 5.88. The van der Waals surface area contributed by atoms with Crippen molar-refractivity contribution < 1.29 is 33.6 Å². The largest absolute Gasteiger partial charge is 0.445 e. The number of hydrogen-bond acceptors (Lipinski definition) is 7. The maximum absolute atomic E-state index is 13.4. The van der Waals surface area contributed by atoms with Gasteiger partial charge in [0.25, 0.3) is 0 Å². The van der Waals surface area contributed by atoms with Gasteiger partial charge in [0.1, 0.15) is 12.7 Å². The van der Waals surface area contributed by atoms with Gasteiger partial charge in [-0.3, -0.25) is 4.79 Å². The minimum absolute atomic E-state index is 0.0578. The number of fused-ring (bicyclic) bond motifs is 1. The van der Waals surface area contributed by atoms with Gasteiger partial charge in [0.05, 0.1) is 18.8 Å². The number of benzene rings is 2. The van der Waals surface area contributed by atoms with Crippen molar-refractivity contribution in [1.29, 1.82) is 0 Å². The van der Waals surface area contributed by atoms with E-state index in [1.54, 1.807) is 13.8 Å². The Balaban J connectivity index is 1.44. The number of Topliss-reactive ketones (excluding diaryl/α,β-unsaturated/α-hetero) is 1. The molecule has 2 aromatic rings. The number of rotatable bonds is 9. The van der Waals surface area contributed by atoms with E-state index < -0.39 is 42.3 Å². The molecule has 1 unspecified atom stereocenters. The third-order valence-electron chi connectivity index (χ3n) is 6.09. The fourth-order valence-corrected chi connectivity index (χ4v) is 4.44. The number of carbonyl (C=O) groups is 2. The molecule has 5 atom stereocenters. The first-order valence-corrected chi connectivity index (χ1v) is 11.5. The normalized spacial score (nSPS) is 26.0. The van der Waals surface area contributed by atoms with Gasteiger partial charge in [-0.2, -0.15) is 0 Å². The minimum Gasteiger partial charge on any atom is -0.445 e. The number of hydrogen-bond donors (Lipinski definition) is 2. The molecule has 2 aliphatic heterocycles. The summed E-state index contributed by atoms with van der Waals surface area (Å²) in [4.78, 5) is 26.0. The van der Waals surface area contributed by atoms with Crippen LogP contribution in [0.1, 0.15) is 31.4 Å². The van der Waals surface area contributed by atoms with Crippen molar-refractivity contribution in [3.63, 3.8) is 0 Å². The third-order valence-corrected chi connectivity index (χ3v) is 6.09. The van der Waals surface area contributed by atoms with Crippen LogP contribution in [0.15, 0.2) is 60.7 Å². The van der Waals surface area contributed by atoms with E-state index in [0.29, 0.717) is 6.42 Å². The Morgan fingerprint density at radius 2 is 1.68 bits per heavy atom. The first-order valence-electron chi connectivity index (χ1n) is 11.5. The van der Waals surface area contributed by atoms with Gasteiger partial charge in [0.15, 0.2) is 17.9 Å². The van der Waals surface area contributed by atoms with Crippen molar-refractivity contribution in [1.82, 2.24) is 5.32 Å². The summed E-state index contributed by atoms with van der Waals surface area (Å²) in [5.74, 6) is -1.42. The van der Waals surface area contributed by atoms with Crippen molar-refractivity contribution in [2.45, 2.75) is 63.6 Å². The molecule has 0 aromatic heterocycles. The first kappa shape index (κ1) is 24.3. The van der Waals surface area contributed by atoms with Crippen LogP contribution in [0.25, 0.3) is 0 Å². The summed E-state index contributed by atoms with van der Waals surface area (Å²) in [6, 6.07) is 18.0. The van der Waals surface area contributed by atoms with Crippen molar-refractivity contribution in [2.75, 3.05) is 6.61 Å². The number of nitrogens with one attached hydrogen (secondary N) is 1. The molecule has 2 aliphatic rings. The van der Waals surface area contributed by atoms with E-state index in [1.165, 1.54) is 0 Å². The second kappa shape index (κ2) is 10.7. The average Bonchev–Trinajstić information content (AvgIpc) is 3.30. The molecule has 0 saturated carbocycles. The van der Waals surface area contributed by atoms with E-state index >= 15 is 0 Å². The number of ether oxygens (including phenoxy) is 4. The minimum atomic E-state index is -0.833. The van der Waals surface area contributed by atoms with Crippen molar-refractivity contribution in [3.05, 3.63) is 71.8 Å². The number of aliphatic hydroxyl groups is 1. The van der Waals surface area contributed by atoms with Crippen LogP contribution in [-0.2, 0) is 36.8 Å². The van der Waals surface area contributed by atoms with Gasteiger partial charge in [0.2, 0.25) is 0 Å². The fraction of sp³-hybridized carbons (Fsp3) is 0.462. The summed E-state index contributed by atoms with van der Waals surface area (Å²) in [7, 11) is 0. The van der Waals surface area contributed by atoms with Crippen LogP contribution < -0.4 is 5.32 Å². The molecule has 2 N–H and O–H groups in total. The molecular weight excluding hydrogens is 438 g/mol. The van der Waals surface area contributed by atoms with E-state index in [1.807, 2.05) is 60.7 Å². The monoisotopic (exact) mass is 469 g/mol. The average molecular weight is 470 g/mol. The summed E-state index contributed by atoms with van der Waals surface area (Å²) < 4.78 is 22.8. The molecule has 182 valence electrons. The summed E-state index contributed by atoms with van der Waals surface area (Å²) in [5.41, 5.74) is 1.76. The molecule has 0 radical (unpaired) electrons. The quantitative estimate of drug-likeness (QED) is 0.582. The molecule has 0 bridgehead atoms. The van der Waals surface area contributed by atoms with Crippen LogP contribution in [0.3, 0.4) is 0 Å². The predicted octanol–water partition coefficient (Wildman–Crippen LogP) is 2.97. The summed E-state index contributed by atoms with van der Waals surface area (Å²) in [5, 5.41) is 12.5. The Morgan fingerprint density at radius 3 is 2.32 bits per heavy atom. The molecule has 34 heavy (non-hydrogen) atoms. The number of amides is 1. The molecular formula is C26H31NO7. The molecule has 8 nitrogen and oxygen atoms in total. The van der Waals surface area contributed by atoms with Gasteiger partial charge < -0.3 is 29.4 Å². The molecule has 0 spiro atoms. The zero-order valence-electron chi connectivity index (χ0n) is 19.4. The second-order valence-corrected chi connectivity index (χ2v) is 9.11. The molecule has 8 heteroatoms. The molecule has 2 aromatic carbocycles. The van der Waals surface area contributed by atoms with Gasteiger partial charge in [-0.05, 0) is 31.4 Å². The maximum atomic E-state index is 13.4. The molecule has 1 amide bonds.